The number of likely N-dealkylation sites (N-methyl/N-ethyl adjacent to an activating group) is 1. The number of anilines is 1. The largest absolute Gasteiger partial charge is 0.367 e. The molecule has 0 saturated carbocycles. The van der Waals surface area contributed by atoms with Crippen LogP contribution in [-0.2, 0) is 16.6 Å². The van der Waals surface area contributed by atoms with Gasteiger partial charge in [0.05, 0.1) is 0 Å². The van der Waals surface area contributed by atoms with Crippen molar-refractivity contribution < 1.29 is 8.42 Å². The Morgan fingerprint density at radius 2 is 1.67 bits per heavy atom. The number of piperidine rings is 1. The number of hydrogen-bond acceptors (Lipinski definition) is 6. The van der Waals surface area contributed by atoms with Gasteiger partial charge in [-0.15, -0.1) is 0 Å². The number of piperazine rings is 1. The molecular weight excluding hydrogens is 398 g/mol. The van der Waals surface area contributed by atoms with Crippen LogP contribution in [0.1, 0.15) is 18.4 Å². The maximum absolute atomic E-state index is 12.8. The van der Waals surface area contributed by atoms with Gasteiger partial charge in [0.1, 0.15) is 10.7 Å². The van der Waals surface area contributed by atoms with Gasteiger partial charge in [0.25, 0.3) is 0 Å². The van der Waals surface area contributed by atoms with Gasteiger partial charge in [-0.2, -0.15) is 4.31 Å². The quantitative estimate of drug-likeness (QED) is 0.759. The van der Waals surface area contributed by atoms with Crippen molar-refractivity contribution in [1.82, 2.24) is 19.1 Å². The predicted molar refractivity (Wildman–Crippen MR) is 119 cm³/mol. The lowest BCUT2D eigenvalue weighted by molar-refractivity contribution is 0.211. The van der Waals surface area contributed by atoms with Crippen LogP contribution in [0.4, 0.5) is 5.82 Å². The van der Waals surface area contributed by atoms with Gasteiger partial charge in [0.15, 0.2) is 0 Å². The fourth-order valence-electron chi connectivity index (χ4n) is 4.08. The van der Waals surface area contributed by atoms with Gasteiger partial charge >= 0.3 is 0 Å². The van der Waals surface area contributed by atoms with Crippen LogP contribution in [0, 0.1) is 0 Å². The lowest BCUT2D eigenvalue weighted by atomic mass is 10.0. The molecule has 0 aliphatic carbocycles. The Bertz CT molecular complexity index is 904. The highest BCUT2D eigenvalue weighted by Crippen LogP contribution is 2.20. The summed E-state index contributed by atoms with van der Waals surface area (Å²) in [6.07, 6.45) is 3.59. The molecule has 1 aromatic carbocycles. The first-order valence-corrected chi connectivity index (χ1v) is 12.1. The Morgan fingerprint density at radius 1 is 0.967 bits per heavy atom. The van der Waals surface area contributed by atoms with Gasteiger partial charge < -0.3 is 10.2 Å². The van der Waals surface area contributed by atoms with Crippen molar-refractivity contribution in [2.75, 3.05) is 51.6 Å². The van der Waals surface area contributed by atoms with E-state index in [9.17, 15) is 8.42 Å². The lowest BCUT2D eigenvalue weighted by Gasteiger charge is -2.32. The Labute approximate surface area is 179 Å². The first-order valence-electron chi connectivity index (χ1n) is 10.7. The summed E-state index contributed by atoms with van der Waals surface area (Å²) in [5.41, 5.74) is 1.35. The summed E-state index contributed by atoms with van der Waals surface area (Å²) in [7, 11) is -1.45. The number of pyridine rings is 1. The van der Waals surface area contributed by atoms with Crippen molar-refractivity contribution in [2.45, 2.75) is 30.3 Å². The van der Waals surface area contributed by atoms with E-state index in [4.69, 9.17) is 0 Å². The minimum Gasteiger partial charge on any atom is -0.367 e. The molecule has 4 rings (SSSR count). The van der Waals surface area contributed by atoms with E-state index < -0.39 is 10.0 Å². The van der Waals surface area contributed by atoms with Crippen molar-refractivity contribution in [3.63, 3.8) is 0 Å². The second kappa shape index (κ2) is 9.43. The van der Waals surface area contributed by atoms with Gasteiger partial charge in [0, 0.05) is 58.1 Å². The Balaban J connectivity index is 1.29. The summed E-state index contributed by atoms with van der Waals surface area (Å²) in [5, 5.41) is 3.48. The first-order chi connectivity index (χ1) is 14.5. The van der Waals surface area contributed by atoms with Crippen molar-refractivity contribution in [1.29, 1.82) is 0 Å². The summed E-state index contributed by atoms with van der Waals surface area (Å²) in [6, 6.07) is 14.4. The molecule has 1 aromatic heterocycles. The van der Waals surface area contributed by atoms with E-state index in [2.05, 4.69) is 44.4 Å². The molecule has 30 heavy (non-hydrogen) atoms. The monoisotopic (exact) mass is 429 g/mol. The Hall–Kier alpha value is -2.00. The zero-order chi connectivity index (χ0) is 21.0. The SMILES string of the molecule is CN1CCN(S(=O)(=O)c2ccc(NC3CCN(Cc4ccccc4)CC3)nc2)CC1. The average molecular weight is 430 g/mol. The van der Waals surface area contributed by atoms with Crippen LogP contribution in [0.3, 0.4) is 0 Å². The molecule has 2 fully saturated rings. The summed E-state index contributed by atoms with van der Waals surface area (Å²) in [6.45, 7) is 5.65. The van der Waals surface area contributed by atoms with Gasteiger partial charge in [-0.25, -0.2) is 13.4 Å². The summed E-state index contributed by atoms with van der Waals surface area (Å²) >= 11 is 0. The van der Waals surface area contributed by atoms with Gasteiger partial charge in [-0.3, -0.25) is 4.90 Å². The zero-order valence-electron chi connectivity index (χ0n) is 17.6. The number of sulfonamides is 1. The molecule has 0 bridgehead atoms. The molecule has 2 aromatic rings. The van der Waals surface area contributed by atoms with Crippen LogP contribution < -0.4 is 5.32 Å². The molecule has 0 radical (unpaired) electrons. The lowest BCUT2D eigenvalue weighted by Crippen LogP contribution is -2.47. The van der Waals surface area contributed by atoms with E-state index in [0.29, 0.717) is 19.1 Å². The molecule has 2 saturated heterocycles. The number of nitrogens with zero attached hydrogens (tertiary/aromatic N) is 4. The van der Waals surface area contributed by atoms with Gasteiger partial charge in [0.2, 0.25) is 10.0 Å². The molecule has 3 heterocycles. The number of likely N-dealkylation sites (tertiary alicyclic amines) is 1. The van der Waals surface area contributed by atoms with Gasteiger partial charge in [-0.1, -0.05) is 30.3 Å². The molecule has 0 unspecified atom stereocenters. The van der Waals surface area contributed by atoms with Gasteiger partial charge in [-0.05, 0) is 37.6 Å². The van der Waals surface area contributed by atoms with Crippen LogP contribution in [-0.4, -0.2) is 79.9 Å². The summed E-state index contributed by atoms with van der Waals surface area (Å²) < 4.78 is 27.2. The average Bonchev–Trinajstić information content (AvgIpc) is 2.77. The smallest absolute Gasteiger partial charge is 0.244 e. The van der Waals surface area contributed by atoms with E-state index in [-0.39, 0.29) is 4.90 Å². The minimum absolute atomic E-state index is 0.273. The molecule has 2 aliphatic heterocycles. The number of hydrogen-bond donors (Lipinski definition) is 1. The van der Waals surface area contributed by atoms with Crippen molar-refractivity contribution in [2.24, 2.45) is 0 Å². The number of rotatable bonds is 6. The van der Waals surface area contributed by atoms with E-state index in [0.717, 1.165) is 51.4 Å². The third-order valence-electron chi connectivity index (χ3n) is 6.02. The minimum atomic E-state index is -3.46. The normalized spacial score (nSPS) is 20.3. The number of benzene rings is 1. The second-order valence-electron chi connectivity index (χ2n) is 8.27. The summed E-state index contributed by atoms with van der Waals surface area (Å²) in [5.74, 6) is 0.744. The van der Waals surface area contributed by atoms with Crippen LogP contribution >= 0.6 is 0 Å². The second-order valence-corrected chi connectivity index (χ2v) is 10.2. The molecule has 2 aliphatic rings. The summed E-state index contributed by atoms with van der Waals surface area (Å²) in [4.78, 5) is 9.29. The fraction of sp³-hybridized carbons (Fsp3) is 0.500. The first kappa shape index (κ1) is 21.2. The molecule has 0 atom stereocenters. The van der Waals surface area contributed by atoms with Crippen LogP contribution in [0.15, 0.2) is 53.6 Å². The Kier molecular flexibility index (Phi) is 6.67. The third kappa shape index (κ3) is 5.18. The molecule has 8 heteroatoms. The van der Waals surface area contributed by atoms with Crippen LogP contribution in [0.25, 0.3) is 0 Å². The van der Waals surface area contributed by atoms with Crippen molar-refractivity contribution in [3.05, 3.63) is 54.2 Å². The van der Waals surface area contributed by atoms with E-state index in [1.54, 1.807) is 16.4 Å². The molecule has 7 nitrogen and oxygen atoms in total. The Morgan fingerprint density at radius 3 is 2.30 bits per heavy atom. The van der Waals surface area contributed by atoms with Crippen LogP contribution in [0.2, 0.25) is 0 Å². The van der Waals surface area contributed by atoms with Crippen molar-refractivity contribution >= 4 is 15.8 Å². The van der Waals surface area contributed by atoms with Crippen molar-refractivity contribution in [3.8, 4) is 0 Å². The molecular formula is C22H31N5O2S. The van der Waals surface area contributed by atoms with E-state index in [1.807, 2.05) is 13.1 Å². The molecule has 0 amide bonds. The van der Waals surface area contributed by atoms with E-state index >= 15 is 0 Å². The maximum atomic E-state index is 12.8. The number of nitrogens with one attached hydrogen (secondary N) is 1. The molecule has 162 valence electrons. The molecule has 0 spiro atoms. The highest BCUT2D eigenvalue weighted by Gasteiger charge is 2.28. The highest BCUT2D eigenvalue weighted by atomic mass is 32.2. The number of aromatic nitrogens is 1. The third-order valence-corrected chi connectivity index (χ3v) is 7.91. The zero-order valence-corrected chi connectivity index (χ0v) is 18.4. The van der Waals surface area contributed by atoms with Crippen LogP contribution in [0.5, 0.6) is 0 Å². The standard InChI is InChI=1S/C22H31N5O2S/c1-25-13-15-27(16-14-25)30(28,29)21-7-8-22(23-17-21)24-20-9-11-26(12-10-20)18-19-5-3-2-4-6-19/h2-8,17,20H,9-16,18H2,1H3,(H,23,24). The highest BCUT2D eigenvalue weighted by molar-refractivity contribution is 7.89. The topological polar surface area (TPSA) is 68.8 Å². The molecule has 1 N–H and O–H groups in total. The maximum Gasteiger partial charge on any atom is 0.244 e. The predicted octanol–water partition coefficient (Wildman–Crippen LogP) is 2.09. The van der Waals surface area contributed by atoms with E-state index in [1.165, 1.54) is 11.8 Å². The fourth-order valence-corrected chi connectivity index (χ4v) is 5.45.